The maximum Gasteiger partial charge on any atom is 0.0761 e. The Morgan fingerprint density at radius 2 is 0.821 bits per heavy atom. The van der Waals surface area contributed by atoms with Crippen molar-refractivity contribution in [2.75, 3.05) is 46.0 Å². The Morgan fingerprint density at radius 1 is 0.536 bits per heavy atom. The van der Waals surface area contributed by atoms with Crippen molar-refractivity contribution in [3.8, 4) is 0 Å². The molecular formula is C20H26S8. The Balaban J connectivity index is 1.38. The molecule has 0 aliphatic carbocycles. The summed E-state index contributed by atoms with van der Waals surface area (Å²) in [7, 11) is 0. The van der Waals surface area contributed by atoms with Crippen LogP contribution >= 0.6 is 94.1 Å². The summed E-state index contributed by atoms with van der Waals surface area (Å²) in [6.45, 7) is 0. The minimum Gasteiger partial charge on any atom is -0.160 e. The zero-order valence-corrected chi connectivity index (χ0v) is 22.2. The van der Waals surface area contributed by atoms with Gasteiger partial charge < -0.3 is 0 Å². The van der Waals surface area contributed by atoms with Gasteiger partial charge in [-0.1, -0.05) is 24.3 Å². The minimum absolute atomic E-state index is 0.628. The summed E-state index contributed by atoms with van der Waals surface area (Å²) >= 11 is 17.6. The SMILES string of the molecule is c1ccc(C(SC2CSC2)SC2CSC2)c(C(SC2CSC2)SC2CSC2)c1. The molecule has 1 aromatic carbocycles. The molecule has 0 spiro atoms. The van der Waals surface area contributed by atoms with E-state index in [-0.39, 0.29) is 0 Å². The van der Waals surface area contributed by atoms with Crippen LogP contribution in [0.15, 0.2) is 24.3 Å². The molecule has 0 atom stereocenters. The first-order chi connectivity index (χ1) is 13.8. The smallest absolute Gasteiger partial charge is 0.0761 e. The van der Waals surface area contributed by atoms with Gasteiger partial charge in [0, 0.05) is 67.0 Å². The molecule has 0 N–H and O–H groups in total. The number of thioether (sulfide) groups is 8. The third kappa shape index (κ3) is 5.49. The van der Waals surface area contributed by atoms with E-state index in [0.29, 0.717) is 9.16 Å². The highest BCUT2D eigenvalue weighted by Gasteiger charge is 2.34. The lowest BCUT2D eigenvalue weighted by molar-refractivity contribution is 1.05. The van der Waals surface area contributed by atoms with Gasteiger partial charge in [-0.05, 0) is 11.1 Å². The van der Waals surface area contributed by atoms with Crippen LogP contribution in [0.4, 0.5) is 0 Å². The van der Waals surface area contributed by atoms with Crippen molar-refractivity contribution in [1.29, 1.82) is 0 Å². The van der Waals surface area contributed by atoms with Crippen LogP contribution in [0, 0.1) is 0 Å². The lowest BCUT2D eigenvalue weighted by Gasteiger charge is -2.37. The zero-order chi connectivity index (χ0) is 18.8. The first kappa shape index (κ1) is 21.8. The molecule has 154 valence electrons. The molecule has 4 saturated heterocycles. The van der Waals surface area contributed by atoms with Gasteiger partial charge in [0.2, 0.25) is 0 Å². The van der Waals surface area contributed by atoms with Gasteiger partial charge in [-0.15, -0.1) is 47.0 Å². The second kappa shape index (κ2) is 10.8. The number of rotatable bonds is 10. The van der Waals surface area contributed by atoms with Crippen LogP contribution in [0.3, 0.4) is 0 Å². The molecule has 0 unspecified atom stereocenters. The molecule has 4 fully saturated rings. The first-order valence-electron chi connectivity index (χ1n) is 9.87. The molecule has 0 amide bonds. The summed E-state index contributed by atoms with van der Waals surface area (Å²) in [5.41, 5.74) is 3.30. The molecule has 0 aromatic heterocycles. The van der Waals surface area contributed by atoms with Crippen LogP contribution in [0.5, 0.6) is 0 Å². The van der Waals surface area contributed by atoms with Gasteiger partial charge in [0.05, 0.1) is 9.16 Å². The molecule has 4 aliphatic heterocycles. The van der Waals surface area contributed by atoms with E-state index in [0.717, 1.165) is 21.0 Å². The van der Waals surface area contributed by atoms with Crippen molar-refractivity contribution in [3.63, 3.8) is 0 Å². The first-order valence-corrected chi connectivity index (χ1v) is 18.3. The monoisotopic (exact) mass is 522 g/mol. The van der Waals surface area contributed by atoms with E-state index < -0.39 is 0 Å². The highest BCUT2D eigenvalue weighted by atomic mass is 32.2. The van der Waals surface area contributed by atoms with E-state index >= 15 is 0 Å². The standard InChI is InChI=1S/C20H26S8/c1-2-4-18(20(27-15-9-23-10-15)28-16-11-24-12-16)17(3-1)19(25-13-5-21-6-13)26-14-7-22-8-14/h1-4,13-16,19-20H,5-12H2. The van der Waals surface area contributed by atoms with E-state index in [1.807, 2.05) is 0 Å². The van der Waals surface area contributed by atoms with Gasteiger partial charge in [0.1, 0.15) is 0 Å². The predicted octanol–water partition coefficient (Wildman–Crippen LogP) is 7.08. The summed E-state index contributed by atoms with van der Waals surface area (Å²) in [6.07, 6.45) is 0. The average molecular weight is 523 g/mol. The van der Waals surface area contributed by atoms with Gasteiger partial charge in [-0.3, -0.25) is 0 Å². The number of hydrogen-bond acceptors (Lipinski definition) is 8. The van der Waals surface area contributed by atoms with E-state index in [1.165, 1.54) is 46.0 Å². The summed E-state index contributed by atoms with van der Waals surface area (Å²) < 4.78 is 1.26. The molecule has 0 saturated carbocycles. The van der Waals surface area contributed by atoms with E-state index in [2.05, 4.69) is 118 Å². The van der Waals surface area contributed by atoms with Crippen molar-refractivity contribution in [2.45, 2.75) is 30.2 Å². The average Bonchev–Trinajstić information content (AvgIpc) is 2.56. The van der Waals surface area contributed by atoms with E-state index in [1.54, 1.807) is 11.1 Å². The van der Waals surface area contributed by atoms with Gasteiger partial charge in [0.15, 0.2) is 0 Å². The summed E-state index contributed by atoms with van der Waals surface area (Å²) in [5.74, 6) is 10.8. The Hall–Kier alpha value is 2.02. The van der Waals surface area contributed by atoms with Crippen molar-refractivity contribution < 1.29 is 0 Å². The molecule has 4 heterocycles. The van der Waals surface area contributed by atoms with Gasteiger partial charge in [-0.25, -0.2) is 0 Å². The molecule has 0 nitrogen and oxygen atoms in total. The lowest BCUT2D eigenvalue weighted by atomic mass is 10.1. The Bertz CT molecular complexity index is 552. The van der Waals surface area contributed by atoms with Gasteiger partial charge in [-0.2, -0.15) is 47.0 Å². The molecular weight excluding hydrogens is 497 g/mol. The Labute approximate surface area is 204 Å². The van der Waals surface area contributed by atoms with Crippen molar-refractivity contribution in [1.82, 2.24) is 0 Å². The van der Waals surface area contributed by atoms with Crippen LogP contribution in [-0.4, -0.2) is 67.0 Å². The summed E-state index contributed by atoms with van der Waals surface area (Å²) in [6, 6.07) is 9.53. The molecule has 0 bridgehead atoms. The maximum absolute atomic E-state index is 2.47. The number of benzene rings is 1. The molecule has 4 aliphatic rings. The van der Waals surface area contributed by atoms with Crippen LogP contribution in [0.1, 0.15) is 20.3 Å². The van der Waals surface area contributed by atoms with Crippen LogP contribution in [0.2, 0.25) is 0 Å². The second-order valence-corrected chi connectivity index (χ2v) is 18.0. The normalized spacial score (nSPS) is 24.1. The predicted molar refractivity (Wildman–Crippen MR) is 147 cm³/mol. The van der Waals surface area contributed by atoms with Gasteiger partial charge >= 0.3 is 0 Å². The fourth-order valence-corrected chi connectivity index (χ4v) is 14.9. The molecule has 0 radical (unpaired) electrons. The lowest BCUT2D eigenvalue weighted by Crippen LogP contribution is -2.26. The number of hydrogen-bond donors (Lipinski definition) is 0. The summed E-state index contributed by atoms with van der Waals surface area (Å²) in [5, 5.41) is 3.47. The van der Waals surface area contributed by atoms with Crippen LogP contribution < -0.4 is 0 Å². The quantitative estimate of drug-likeness (QED) is 0.295. The third-order valence-corrected chi connectivity index (χ3v) is 18.2. The van der Waals surface area contributed by atoms with Crippen molar-refractivity contribution >= 4 is 94.1 Å². The topological polar surface area (TPSA) is 0 Å². The molecule has 28 heavy (non-hydrogen) atoms. The minimum atomic E-state index is 0.628. The van der Waals surface area contributed by atoms with E-state index in [9.17, 15) is 0 Å². The fraction of sp³-hybridized carbons (Fsp3) is 0.700. The highest BCUT2D eigenvalue weighted by Crippen LogP contribution is 2.55. The molecule has 8 heteroatoms. The van der Waals surface area contributed by atoms with Crippen molar-refractivity contribution in [2.24, 2.45) is 0 Å². The largest absolute Gasteiger partial charge is 0.160 e. The third-order valence-electron chi connectivity index (χ3n) is 5.20. The van der Waals surface area contributed by atoms with Crippen LogP contribution in [0.25, 0.3) is 0 Å². The highest BCUT2D eigenvalue weighted by molar-refractivity contribution is 8.20. The summed E-state index contributed by atoms with van der Waals surface area (Å²) in [4.78, 5) is 0. The zero-order valence-electron chi connectivity index (χ0n) is 15.7. The maximum atomic E-state index is 2.47. The van der Waals surface area contributed by atoms with Crippen LogP contribution in [-0.2, 0) is 0 Å². The Kier molecular flexibility index (Phi) is 8.39. The van der Waals surface area contributed by atoms with E-state index in [4.69, 9.17) is 0 Å². The molecule has 5 rings (SSSR count). The Morgan fingerprint density at radius 3 is 1.04 bits per heavy atom. The van der Waals surface area contributed by atoms with Gasteiger partial charge in [0.25, 0.3) is 0 Å². The van der Waals surface area contributed by atoms with Crippen molar-refractivity contribution in [3.05, 3.63) is 35.4 Å². The fourth-order valence-electron chi connectivity index (χ4n) is 3.17. The second-order valence-electron chi connectivity index (χ2n) is 7.47. The molecule has 1 aromatic rings.